The van der Waals surface area contributed by atoms with Gasteiger partial charge in [-0.2, -0.15) is 0 Å². The van der Waals surface area contributed by atoms with Crippen LogP contribution in [0.4, 0.5) is 5.69 Å². The number of nitrogens with one attached hydrogen (secondary N) is 1. The van der Waals surface area contributed by atoms with Crippen LogP contribution in [0.25, 0.3) is 10.2 Å². The highest BCUT2D eigenvalue weighted by Gasteiger charge is 1.95. The Kier molecular flexibility index (Phi) is 1.95. The normalized spacial score (nSPS) is 10.3. The summed E-state index contributed by atoms with van der Waals surface area (Å²) in [5.74, 6) is 0. The maximum Gasteiger partial charge on any atom is 0.0832 e. The van der Waals surface area contributed by atoms with E-state index in [0.717, 1.165) is 11.2 Å². The molecule has 0 radical (unpaired) electrons. The van der Waals surface area contributed by atoms with Gasteiger partial charge in [0.05, 0.1) is 38.6 Å². The molecule has 4 heteroatoms. The lowest BCUT2D eigenvalue weighted by molar-refractivity contribution is 1.50. The first-order chi connectivity index (χ1) is 5.40. The Morgan fingerprint density at radius 2 is 2.36 bits per heavy atom. The fourth-order valence-electron chi connectivity index (χ4n) is 0.917. The maximum absolute atomic E-state index is 4.20. The van der Waals surface area contributed by atoms with Crippen LogP contribution in [0.2, 0.25) is 0 Å². The Morgan fingerprint density at radius 3 is 3.18 bits per heavy atom. The maximum atomic E-state index is 4.20. The van der Waals surface area contributed by atoms with Gasteiger partial charge in [0, 0.05) is 5.69 Å². The summed E-state index contributed by atoms with van der Waals surface area (Å²) in [6.45, 7) is 0. The fourth-order valence-corrected chi connectivity index (χ4v) is 1.91. The van der Waals surface area contributed by atoms with Crippen LogP contribution in [0.1, 0.15) is 0 Å². The van der Waals surface area contributed by atoms with E-state index in [4.69, 9.17) is 0 Å². The number of rotatable bonds is 1. The van der Waals surface area contributed by atoms with Crippen molar-refractivity contribution in [1.82, 2.24) is 4.98 Å². The zero-order valence-corrected chi connectivity index (χ0v) is 8.52. The number of fused-ring (bicyclic) bond motifs is 1. The van der Waals surface area contributed by atoms with Crippen molar-refractivity contribution in [3.63, 3.8) is 0 Å². The molecule has 0 saturated heterocycles. The van der Waals surface area contributed by atoms with Crippen LogP contribution in [-0.4, -0.2) is 4.98 Å². The first-order valence-corrected chi connectivity index (χ1v) is 5.06. The van der Waals surface area contributed by atoms with Gasteiger partial charge >= 0.3 is 0 Å². The van der Waals surface area contributed by atoms with Crippen molar-refractivity contribution in [2.24, 2.45) is 0 Å². The third kappa shape index (κ3) is 1.32. The lowest BCUT2D eigenvalue weighted by atomic mass is 10.3. The third-order valence-corrected chi connectivity index (χ3v) is 2.87. The summed E-state index contributed by atoms with van der Waals surface area (Å²) in [5.41, 5.74) is 4.03. The monoisotopic (exact) mass is 276 g/mol. The van der Waals surface area contributed by atoms with Crippen molar-refractivity contribution in [1.29, 1.82) is 0 Å². The van der Waals surface area contributed by atoms with Gasteiger partial charge in [0.2, 0.25) is 0 Å². The molecule has 0 amide bonds. The molecule has 2 nitrogen and oxygen atoms in total. The number of aromatic nitrogens is 1. The second-order valence-corrected chi connectivity index (χ2v) is 3.56. The Balaban J connectivity index is 2.67. The highest BCUT2D eigenvalue weighted by Crippen LogP contribution is 2.21. The van der Waals surface area contributed by atoms with E-state index in [0.29, 0.717) is 0 Å². The summed E-state index contributed by atoms with van der Waals surface area (Å²) < 4.78 is 4.28. The summed E-state index contributed by atoms with van der Waals surface area (Å²) in [6.07, 6.45) is 0. The second kappa shape index (κ2) is 2.94. The Morgan fingerprint density at radius 1 is 1.45 bits per heavy atom. The standard InChI is InChI=1S/C7H5IN2S/c8-10-5-1-2-7-6(3-5)9-4-11-7/h1-4,10H. The number of thiazole rings is 1. The molecule has 11 heavy (non-hydrogen) atoms. The number of benzene rings is 1. The van der Waals surface area contributed by atoms with Crippen LogP contribution < -0.4 is 3.53 Å². The molecule has 0 atom stereocenters. The molecule has 1 heterocycles. The zero-order chi connectivity index (χ0) is 7.68. The average Bonchev–Trinajstić information content (AvgIpc) is 2.50. The summed E-state index contributed by atoms with van der Waals surface area (Å²) in [6, 6.07) is 6.17. The topological polar surface area (TPSA) is 24.9 Å². The summed E-state index contributed by atoms with van der Waals surface area (Å²) in [7, 11) is 0. The quantitative estimate of drug-likeness (QED) is 0.639. The van der Waals surface area contributed by atoms with Crippen LogP contribution in [0, 0.1) is 0 Å². The Labute approximate surface area is 82.1 Å². The van der Waals surface area contributed by atoms with Gasteiger partial charge in [-0.25, -0.2) is 4.98 Å². The first kappa shape index (κ1) is 7.30. The number of halogens is 1. The van der Waals surface area contributed by atoms with Crippen LogP contribution in [0.3, 0.4) is 0 Å². The van der Waals surface area contributed by atoms with Gasteiger partial charge in [-0.1, -0.05) is 0 Å². The highest BCUT2D eigenvalue weighted by molar-refractivity contribution is 14.1. The van der Waals surface area contributed by atoms with E-state index < -0.39 is 0 Å². The smallest absolute Gasteiger partial charge is 0.0832 e. The second-order valence-electron chi connectivity index (χ2n) is 2.13. The molecule has 0 bridgehead atoms. The van der Waals surface area contributed by atoms with E-state index in [9.17, 15) is 0 Å². The predicted molar refractivity (Wildman–Crippen MR) is 57.3 cm³/mol. The molecule has 0 unspecified atom stereocenters. The molecule has 56 valence electrons. The number of hydrogen-bond acceptors (Lipinski definition) is 3. The molecule has 0 spiro atoms. The van der Waals surface area contributed by atoms with Gasteiger partial charge in [0.1, 0.15) is 0 Å². The van der Waals surface area contributed by atoms with Gasteiger partial charge in [0.25, 0.3) is 0 Å². The summed E-state index contributed by atoms with van der Waals surface area (Å²) in [4.78, 5) is 4.20. The van der Waals surface area contributed by atoms with Crippen molar-refractivity contribution < 1.29 is 0 Å². The lowest BCUT2D eigenvalue weighted by Crippen LogP contribution is -1.77. The van der Waals surface area contributed by atoms with E-state index in [1.54, 1.807) is 11.3 Å². The van der Waals surface area contributed by atoms with Gasteiger partial charge in [0.15, 0.2) is 0 Å². The van der Waals surface area contributed by atoms with Crippen LogP contribution >= 0.6 is 34.2 Å². The van der Waals surface area contributed by atoms with Crippen LogP contribution in [0.5, 0.6) is 0 Å². The van der Waals surface area contributed by atoms with E-state index in [2.05, 4.69) is 37.4 Å². The fraction of sp³-hybridized carbons (Fsp3) is 0. The lowest BCUT2D eigenvalue weighted by Gasteiger charge is -1.95. The Bertz CT molecular complexity index is 371. The molecule has 2 aromatic rings. The van der Waals surface area contributed by atoms with E-state index in [1.807, 2.05) is 17.6 Å². The minimum absolute atomic E-state index is 1.07. The minimum Gasteiger partial charge on any atom is -0.328 e. The summed E-state index contributed by atoms with van der Waals surface area (Å²) in [5, 5.41) is 0. The van der Waals surface area contributed by atoms with Crippen molar-refractivity contribution in [2.45, 2.75) is 0 Å². The molecule has 0 aliphatic rings. The molecule has 0 aliphatic carbocycles. The van der Waals surface area contributed by atoms with Crippen molar-refractivity contribution in [2.75, 3.05) is 3.53 Å². The van der Waals surface area contributed by atoms with Crippen molar-refractivity contribution >= 4 is 50.1 Å². The van der Waals surface area contributed by atoms with Crippen molar-refractivity contribution in [3.05, 3.63) is 23.7 Å². The van der Waals surface area contributed by atoms with E-state index >= 15 is 0 Å². The molecule has 0 saturated carbocycles. The van der Waals surface area contributed by atoms with Gasteiger partial charge in [-0.15, -0.1) is 11.3 Å². The van der Waals surface area contributed by atoms with Gasteiger partial charge < -0.3 is 3.53 Å². The minimum atomic E-state index is 1.07. The van der Waals surface area contributed by atoms with Gasteiger partial charge in [-0.3, -0.25) is 0 Å². The van der Waals surface area contributed by atoms with Crippen LogP contribution in [-0.2, 0) is 0 Å². The molecule has 0 aliphatic heterocycles. The largest absolute Gasteiger partial charge is 0.328 e. The molecule has 2 rings (SSSR count). The average molecular weight is 276 g/mol. The Hall–Kier alpha value is -0.360. The molecule has 1 aromatic carbocycles. The SMILES string of the molecule is INc1ccc2scnc2c1. The molecular formula is C7H5IN2S. The first-order valence-electron chi connectivity index (χ1n) is 3.10. The molecule has 1 N–H and O–H groups in total. The number of hydrogen-bond donors (Lipinski definition) is 1. The van der Waals surface area contributed by atoms with E-state index in [-0.39, 0.29) is 0 Å². The van der Waals surface area contributed by atoms with Crippen molar-refractivity contribution in [3.8, 4) is 0 Å². The highest BCUT2D eigenvalue weighted by atomic mass is 127. The van der Waals surface area contributed by atoms with E-state index in [1.165, 1.54) is 4.70 Å². The number of anilines is 1. The molecule has 1 aromatic heterocycles. The van der Waals surface area contributed by atoms with Crippen LogP contribution in [0.15, 0.2) is 23.7 Å². The summed E-state index contributed by atoms with van der Waals surface area (Å²) >= 11 is 3.77. The van der Waals surface area contributed by atoms with Gasteiger partial charge in [-0.05, 0) is 18.2 Å². The number of nitrogens with zero attached hydrogens (tertiary/aromatic N) is 1. The zero-order valence-electron chi connectivity index (χ0n) is 5.54. The molecule has 0 fully saturated rings. The third-order valence-electron chi connectivity index (χ3n) is 1.44. The molecular weight excluding hydrogens is 271 g/mol. The predicted octanol–water partition coefficient (Wildman–Crippen LogP) is 3.06.